The maximum Gasteiger partial charge on any atom is 0.123 e. The monoisotopic (exact) mass is 472 g/mol. The normalized spacial score (nSPS) is 10.7. The van der Waals surface area contributed by atoms with Crippen LogP contribution >= 0.6 is 11.6 Å². The Kier molecular flexibility index (Phi) is 7.65. The molecule has 0 saturated carbocycles. The Hall–Kier alpha value is -3.57. The van der Waals surface area contributed by atoms with E-state index in [1.807, 2.05) is 16.6 Å². The van der Waals surface area contributed by atoms with Crippen molar-refractivity contribution in [2.24, 2.45) is 0 Å². The van der Waals surface area contributed by atoms with E-state index in [2.05, 4.69) is 48.1 Å². The van der Waals surface area contributed by atoms with E-state index in [1.165, 1.54) is 24.0 Å². The molecule has 0 bridgehead atoms. The van der Waals surface area contributed by atoms with Gasteiger partial charge in [-0.1, -0.05) is 54.8 Å². The number of nitrogens with zero attached hydrogens (tertiary/aromatic N) is 4. The highest BCUT2D eigenvalue weighted by Crippen LogP contribution is 2.34. The van der Waals surface area contributed by atoms with Crippen LogP contribution in [0.4, 0.5) is 4.39 Å². The molecule has 0 radical (unpaired) electrons. The third-order valence-corrected chi connectivity index (χ3v) is 5.71. The standard InChI is InChI=1S/C24H22ClFN2.C4H4N2/c1-3-4-5-21-24(18-8-6-16(2)7-9-18)23-15-19(25)14-22(28(23)27-21)17-10-12-20(26)13-11-17;1-2-5-4-6-3-1/h6-15H,3-5H2,1-2H3;1-4H. The molecule has 5 aromatic rings. The molecule has 3 aromatic heterocycles. The van der Waals surface area contributed by atoms with Gasteiger partial charge in [0.05, 0.1) is 16.9 Å². The van der Waals surface area contributed by atoms with Crippen LogP contribution in [-0.4, -0.2) is 19.6 Å². The first-order chi connectivity index (χ1) is 16.6. The van der Waals surface area contributed by atoms with Crippen molar-refractivity contribution in [1.29, 1.82) is 0 Å². The van der Waals surface area contributed by atoms with Crippen molar-refractivity contribution in [3.05, 3.63) is 108 Å². The van der Waals surface area contributed by atoms with Crippen LogP contribution in [0.5, 0.6) is 0 Å². The van der Waals surface area contributed by atoms with Crippen LogP contribution in [0.2, 0.25) is 5.02 Å². The number of aryl methyl sites for hydroxylation is 2. The summed E-state index contributed by atoms with van der Waals surface area (Å²) in [5, 5.41) is 5.59. The van der Waals surface area contributed by atoms with E-state index in [0.717, 1.165) is 52.9 Å². The first-order valence-corrected chi connectivity index (χ1v) is 11.7. The zero-order valence-corrected chi connectivity index (χ0v) is 20.0. The number of benzene rings is 2. The fourth-order valence-corrected chi connectivity index (χ4v) is 4.00. The first-order valence-electron chi connectivity index (χ1n) is 11.3. The Labute approximate surface area is 204 Å². The molecule has 0 unspecified atom stereocenters. The van der Waals surface area contributed by atoms with Crippen molar-refractivity contribution >= 4 is 17.1 Å². The number of rotatable bonds is 5. The predicted octanol–water partition coefficient (Wildman–Crippen LogP) is 7.59. The molecular formula is C28H26ClFN4. The van der Waals surface area contributed by atoms with Gasteiger partial charge >= 0.3 is 0 Å². The summed E-state index contributed by atoms with van der Waals surface area (Å²) in [6.45, 7) is 4.27. The maximum atomic E-state index is 13.4. The van der Waals surface area contributed by atoms with E-state index in [-0.39, 0.29) is 5.82 Å². The van der Waals surface area contributed by atoms with Crippen molar-refractivity contribution < 1.29 is 4.39 Å². The van der Waals surface area contributed by atoms with Crippen molar-refractivity contribution in [2.45, 2.75) is 33.1 Å². The van der Waals surface area contributed by atoms with E-state index < -0.39 is 0 Å². The molecule has 0 aliphatic carbocycles. The highest BCUT2D eigenvalue weighted by atomic mass is 35.5. The third-order valence-electron chi connectivity index (χ3n) is 5.50. The molecule has 0 aliphatic heterocycles. The van der Waals surface area contributed by atoms with Gasteiger partial charge in [0.1, 0.15) is 12.1 Å². The Morgan fingerprint density at radius 2 is 1.59 bits per heavy atom. The quantitative estimate of drug-likeness (QED) is 0.264. The topological polar surface area (TPSA) is 43.1 Å². The third kappa shape index (κ3) is 5.49. The summed E-state index contributed by atoms with van der Waals surface area (Å²) >= 11 is 6.49. The highest BCUT2D eigenvalue weighted by Gasteiger charge is 2.18. The van der Waals surface area contributed by atoms with Gasteiger partial charge in [0, 0.05) is 28.5 Å². The van der Waals surface area contributed by atoms with Crippen LogP contribution in [-0.2, 0) is 6.42 Å². The fourth-order valence-electron chi connectivity index (χ4n) is 3.79. The molecule has 4 nitrogen and oxygen atoms in total. The molecule has 3 heterocycles. The molecule has 2 aromatic carbocycles. The Balaban J connectivity index is 0.000000398. The van der Waals surface area contributed by atoms with Crippen LogP contribution < -0.4 is 0 Å². The number of halogens is 2. The molecule has 6 heteroatoms. The number of fused-ring (bicyclic) bond motifs is 1. The Morgan fingerprint density at radius 1 is 0.912 bits per heavy atom. The van der Waals surface area contributed by atoms with E-state index in [9.17, 15) is 4.39 Å². The van der Waals surface area contributed by atoms with Crippen molar-refractivity contribution in [2.75, 3.05) is 0 Å². The molecule has 5 rings (SSSR count). The predicted molar refractivity (Wildman–Crippen MR) is 136 cm³/mol. The highest BCUT2D eigenvalue weighted by molar-refractivity contribution is 6.31. The lowest BCUT2D eigenvalue weighted by Crippen LogP contribution is -1.95. The lowest BCUT2D eigenvalue weighted by atomic mass is 10.00. The average molecular weight is 473 g/mol. The summed E-state index contributed by atoms with van der Waals surface area (Å²) in [6, 6.07) is 20.6. The molecule has 172 valence electrons. The summed E-state index contributed by atoms with van der Waals surface area (Å²) in [5.74, 6) is -0.258. The first kappa shape index (κ1) is 23.6. The number of aromatic nitrogens is 4. The van der Waals surface area contributed by atoms with Gasteiger partial charge in [-0.25, -0.2) is 18.9 Å². The van der Waals surface area contributed by atoms with Gasteiger partial charge in [0.25, 0.3) is 0 Å². The minimum atomic E-state index is -0.258. The number of hydrogen-bond acceptors (Lipinski definition) is 3. The maximum absolute atomic E-state index is 13.4. The van der Waals surface area contributed by atoms with E-state index in [1.54, 1.807) is 30.6 Å². The van der Waals surface area contributed by atoms with Gasteiger partial charge in [-0.2, -0.15) is 5.10 Å². The van der Waals surface area contributed by atoms with Crippen molar-refractivity contribution in [3.8, 4) is 22.4 Å². The molecule has 0 saturated heterocycles. The van der Waals surface area contributed by atoms with Crippen molar-refractivity contribution in [3.63, 3.8) is 0 Å². The van der Waals surface area contributed by atoms with Gasteiger partial charge in [-0.15, -0.1) is 0 Å². The smallest absolute Gasteiger partial charge is 0.123 e. The van der Waals surface area contributed by atoms with E-state index >= 15 is 0 Å². The number of pyridine rings is 1. The van der Waals surface area contributed by atoms with Crippen LogP contribution in [0.1, 0.15) is 31.0 Å². The molecule has 0 atom stereocenters. The largest absolute Gasteiger partial charge is 0.245 e. The van der Waals surface area contributed by atoms with Crippen LogP contribution in [0, 0.1) is 12.7 Å². The van der Waals surface area contributed by atoms with E-state index in [0.29, 0.717) is 5.02 Å². The zero-order chi connectivity index (χ0) is 23.9. The van der Waals surface area contributed by atoms with Crippen LogP contribution in [0.3, 0.4) is 0 Å². The summed E-state index contributed by atoms with van der Waals surface area (Å²) in [4.78, 5) is 7.35. The second-order valence-corrected chi connectivity index (χ2v) is 8.49. The molecule has 34 heavy (non-hydrogen) atoms. The zero-order valence-electron chi connectivity index (χ0n) is 19.2. The summed E-state index contributed by atoms with van der Waals surface area (Å²) in [5.41, 5.74) is 7.27. The van der Waals surface area contributed by atoms with Gasteiger partial charge in [-0.05, 0) is 67.8 Å². The van der Waals surface area contributed by atoms with Gasteiger partial charge in [-0.3, -0.25) is 0 Å². The van der Waals surface area contributed by atoms with Gasteiger partial charge in [0.2, 0.25) is 0 Å². The SMILES string of the molecule is CCCCc1nn2c(-c3ccc(F)cc3)cc(Cl)cc2c1-c1ccc(C)cc1.c1cncnc1. The molecule has 0 aliphatic rings. The summed E-state index contributed by atoms with van der Waals surface area (Å²) in [7, 11) is 0. The van der Waals surface area contributed by atoms with Gasteiger partial charge < -0.3 is 0 Å². The van der Waals surface area contributed by atoms with Crippen LogP contribution in [0.15, 0.2) is 85.5 Å². The molecule has 0 spiro atoms. The van der Waals surface area contributed by atoms with Crippen molar-refractivity contribution in [1.82, 2.24) is 19.6 Å². The average Bonchev–Trinajstić information content (AvgIpc) is 3.23. The Morgan fingerprint density at radius 3 is 2.18 bits per heavy atom. The molecule has 0 N–H and O–H groups in total. The van der Waals surface area contributed by atoms with Crippen LogP contribution in [0.25, 0.3) is 27.9 Å². The lowest BCUT2D eigenvalue weighted by molar-refractivity contribution is 0.628. The minimum absolute atomic E-state index is 0.258. The number of hydrogen-bond donors (Lipinski definition) is 0. The molecule has 0 amide bonds. The summed E-state index contributed by atoms with van der Waals surface area (Å²) in [6.07, 6.45) is 7.96. The lowest BCUT2D eigenvalue weighted by Gasteiger charge is -2.08. The minimum Gasteiger partial charge on any atom is -0.245 e. The molecular weight excluding hydrogens is 447 g/mol. The Bertz CT molecular complexity index is 1320. The second kappa shape index (κ2) is 11.0. The van der Waals surface area contributed by atoms with Gasteiger partial charge in [0.15, 0.2) is 0 Å². The fraction of sp³-hybridized carbons (Fsp3) is 0.179. The molecule has 0 fully saturated rings. The number of unbranched alkanes of at least 4 members (excludes halogenated alkanes) is 1. The summed E-state index contributed by atoms with van der Waals surface area (Å²) < 4.78 is 15.4. The van der Waals surface area contributed by atoms with E-state index in [4.69, 9.17) is 16.7 Å². The second-order valence-electron chi connectivity index (χ2n) is 8.06.